The van der Waals surface area contributed by atoms with E-state index in [1.807, 2.05) is 6.92 Å². The van der Waals surface area contributed by atoms with Crippen molar-refractivity contribution in [1.29, 1.82) is 0 Å². The predicted octanol–water partition coefficient (Wildman–Crippen LogP) is 4.90. The average molecular weight is 409 g/mol. The number of hydrogen-bond donors (Lipinski definition) is 2. The number of rotatable bonds is 4. The fraction of sp³-hybridized carbons (Fsp3) is 0.238. The molecule has 29 heavy (non-hydrogen) atoms. The third-order valence-electron chi connectivity index (χ3n) is 4.27. The van der Waals surface area contributed by atoms with Crippen molar-refractivity contribution >= 4 is 40.3 Å². The normalized spacial score (nSPS) is 10.4. The Hall–Kier alpha value is -3.49. The number of anilines is 2. The molecular weight excluding hydrogens is 389 g/mol. The van der Waals surface area contributed by atoms with Gasteiger partial charge in [-0.1, -0.05) is 6.07 Å². The number of benzene rings is 2. The van der Waals surface area contributed by atoms with Gasteiger partial charge in [0.15, 0.2) is 10.8 Å². The zero-order valence-electron chi connectivity index (χ0n) is 16.5. The number of nitrogens with zero attached hydrogens (tertiary/aromatic N) is 3. The first-order valence-corrected chi connectivity index (χ1v) is 9.05. The second kappa shape index (κ2) is 8.68. The van der Waals surface area contributed by atoms with Crippen molar-refractivity contribution in [3.8, 4) is 0 Å². The molecule has 1 amide bonds. The highest BCUT2D eigenvalue weighted by Gasteiger charge is 2.36. The van der Waals surface area contributed by atoms with E-state index in [0.717, 1.165) is 5.56 Å². The van der Waals surface area contributed by atoms with Crippen LogP contribution in [0.1, 0.15) is 29.8 Å². The van der Waals surface area contributed by atoms with Crippen LogP contribution in [-0.2, 0) is 0 Å². The maximum atomic E-state index is 14.5. The highest BCUT2D eigenvalue weighted by atomic mass is 32.1. The Morgan fingerprint density at radius 3 is 2.41 bits per heavy atom. The van der Waals surface area contributed by atoms with Crippen LogP contribution in [0.5, 0.6) is 0 Å². The molecule has 0 fully saturated rings. The molecule has 0 unspecified atom stereocenters. The Morgan fingerprint density at radius 2 is 1.90 bits per heavy atom. The molecule has 0 aromatic heterocycles. The summed E-state index contributed by atoms with van der Waals surface area (Å²) in [7, 11) is 1.42. The van der Waals surface area contributed by atoms with Gasteiger partial charge < -0.3 is 10.6 Å². The van der Waals surface area contributed by atoms with E-state index in [1.165, 1.54) is 24.1 Å². The molecular formula is C21H20FN5OS. The van der Waals surface area contributed by atoms with Gasteiger partial charge in [0, 0.05) is 26.6 Å². The first kappa shape index (κ1) is 21.8. The summed E-state index contributed by atoms with van der Waals surface area (Å²) < 4.78 is 14.5. The molecule has 0 aliphatic heterocycles. The van der Waals surface area contributed by atoms with Gasteiger partial charge in [0.05, 0.1) is 17.8 Å². The van der Waals surface area contributed by atoms with Crippen molar-refractivity contribution in [3.05, 3.63) is 76.2 Å². The summed E-state index contributed by atoms with van der Waals surface area (Å²) in [5.74, 6) is -1.26. The molecule has 0 aliphatic rings. The summed E-state index contributed by atoms with van der Waals surface area (Å²) in [4.78, 5) is 20.3. The molecule has 0 atom stereocenters. The lowest BCUT2D eigenvalue weighted by Crippen LogP contribution is -2.48. The second-order valence-corrected chi connectivity index (χ2v) is 7.11. The summed E-state index contributed by atoms with van der Waals surface area (Å²) in [6.07, 6.45) is 0. The van der Waals surface area contributed by atoms with Crippen molar-refractivity contribution in [2.45, 2.75) is 26.4 Å². The first-order valence-electron chi connectivity index (χ1n) is 8.64. The number of amides is 1. The van der Waals surface area contributed by atoms with Crippen LogP contribution >= 0.6 is 12.2 Å². The summed E-state index contributed by atoms with van der Waals surface area (Å²) in [6, 6.07) is 9.24. The number of halogens is 1. The summed E-state index contributed by atoms with van der Waals surface area (Å²) in [5, 5.41) is 5.62. The van der Waals surface area contributed by atoms with E-state index in [4.69, 9.17) is 25.4 Å². The minimum atomic E-state index is -1.11. The van der Waals surface area contributed by atoms with E-state index in [-0.39, 0.29) is 10.7 Å². The molecule has 0 saturated carbocycles. The second-order valence-electron chi connectivity index (χ2n) is 6.73. The number of carbonyl (C=O) groups is 1. The standard InChI is InChI=1S/C21H20FN5OS/c1-13-11-14(7-10-18(13)23-4)26-20(29)27(21(2,3)25-6)15-8-9-16(17(22)12-15)19(28)24-5/h7-12H,1-3,5H3,(H,24,28)(H,26,29). The molecule has 8 heteroatoms. The van der Waals surface area contributed by atoms with Gasteiger partial charge in [-0.3, -0.25) is 9.64 Å². The first-order chi connectivity index (χ1) is 13.6. The number of hydrogen-bond acceptors (Lipinski definition) is 2. The minimum Gasteiger partial charge on any atom is -0.355 e. The number of nitrogens with one attached hydrogen (secondary N) is 2. The third kappa shape index (κ3) is 4.68. The van der Waals surface area contributed by atoms with E-state index in [0.29, 0.717) is 17.1 Å². The van der Waals surface area contributed by atoms with Gasteiger partial charge >= 0.3 is 5.66 Å². The van der Waals surface area contributed by atoms with Gasteiger partial charge in [-0.05, 0) is 55.0 Å². The molecule has 2 N–H and O–H groups in total. The number of thiocarbonyl (C=S) groups is 1. The van der Waals surface area contributed by atoms with E-state index in [1.54, 1.807) is 38.1 Å². The zero-order chi connectivity index (χ0) is 21.8. The van der Waals surface area contributed by atoms with Crippen molar-refractivity contribution in [3.63, 3.8) is 0 Å². The number of carbonyl (C=O) groups excluding carboxylic acids is 1. The molecule has 2 aromatic rings. The van der Waals surface area contributed by atoms with E-state index < -0.39 is 17.4 Å². The third-order valence-corrected chi connectivity index (χ3v) is 4.56. The largest absolute Gasteiger partial charge is 0.355 e. The molecule has 0 radical (unpaired) electrons. The maximum absolute atomic E-state index is 14.5. The smallest absolute Gasteiger partial charge is 0.307 e. The van der Waals surface area contributed by atoms with Crippen LogP contribution in [0.2, 0.25) is 0 Å². The van der Waals surface area contributed by atoms with Crippen LogP contribution in [0, 0.1) is 25.9 Å². The lowest BCUT2D eigenvalue weighted by molar-refractivity contribution is 0.0959. The molecule has 2 rings (SSSR count). The fourth-order valence-electron chi connectivity index (χ4n) is 2.73. The zero-order valence-corrected chi connectivity index (χ0v) is 17.3. The van der Waals surface area contributed by atoms with Crippen molar-refractivity contribution in [2.24, 2.45) is 0 Å². The lowest BCUT2D eigenvalue weighted by Gasteiger charge is -2.31. The van der Waals surface area contributed by atoms with Crippen molar-refractivity contribution in [2.75, 3.05) is 17.3 Å². The molecule has 0 spiro atoms. The topological polar surface area (TPSA) is 53.1 Å². The highest BCUT2D eigenvalue weighted by Crippen LogP contribution is 2.29. The molecule has 6 nitrogen and oxygen atoms in total. The molecule has 148 valence electrons. The van der Waals surface area contributed by atoms with E-state index >= 15 is 0 Å². The Balaban J connectivity index is 2.44. The average Bonchev–Trinajstić information content (AvgIpc) is 2.67. The minimum absolute atomic E-state index is 0.0962. The van der Waals surface area contributed by atoms with Crippen molar-refractivity contribution in [1.82, 2.24) is 5.32 Å². The molecule has 2 aromatic carbocycles. The SMILES string of the molecule is [C-]#[N+]c1ccc(NC(=S)N(c2ccc(C(=O)NC)c(F)c2)C(C)(C)[N+]#[C-])cc1C. The molecule has 0 heterocycles. The van der Waals surface area contributed by atoms with E-state index in [9.17, 15) is 9.18 Å². The van der Waals surface area contributed by atoms with Crippen LogP contribution in [0.3, 0.4) is 0 Å². The summed E-state index contributed by atoms with van der Waals surface area (Å²) in [5.41, 5.74) is 1.09. The Bertz CT molecular complexity index is 1050. The Morgan fingerprint density at radius 1 is 1.21 bits per heavy atom. The maximum Gasteiger partial charge on any atom is 0.307 e. The van der Waals surface area contributed by atoms with Gasteiger partial charge in [0.1, 0.15) is 5.82 Å². The molecule has 0 saturated heterocycles. The highest BCUT2D eigenvalue weighted by molar-refractivity contribution is 7.80. The van der Waals surface area contributed by atoms with Crippen LogP contribution in [0.15, 0.2) is 36.4 Å². The van der Waals surface area contributed by atoms with Crippen LogP contribution in [0.4, 0.5) is 21.5 Å². The summed E-state index contributed by atoms with van der Waals surface area (Å²) in [6.45, 7) is 19.8. The lowest BCUT2D eigenvalue weighted by atomic mass is 10.1. The van der Waals surface area contributed by atoms with E-state index in [2.05, 4.69) is 20.3 Å². The predicted molar refractivity (Wildman–Crippen MR) is 117 cm³/mol. The monoisotopic (exact) mass is 409 g/mol. The molecule has 0 bridgehead atoms. The van der Waals surface area contributed by atoms with Crippen LogP contribution in [-0.4, -0.2) is 23.7 Å². The Kier molecular flexibility index (Phi) is 6.53. The van der Waals surface area contributed by atoms with Crippen molar-refractivity contribution < 1.29 is 9.18 Å². The van der Waals surface area contributed by atoms with Crippen LogP contribution in [0.25, 0.3) is 9.69 Å². The number of aryl methyl sites for hydroxylation is 1. The van der Waals surface area contributed by atoms with Gasteiger partial charge in [-0.2, -0.15) is 0 Å². The molecule has 0 aliphatic carbocycles. The Labute approximate surface area is 175 Å². The van der Waals surface area contributed by atoms with Gasteiger partial charge in [0.25, 0.3) is 5.91 Å². The fourth-order valence-corrected chi connectivity index (χ4v) is 3.18. The van der Waals surface area contributed by atoms with Crippen LogP contribution < -0.4 is 15.5 Å². The van der Waals surface area contributed by atoms with Gasteiger partial charge in [-0.15, -0.1) is 0 Å². The quantitative estimate of drug-likeness (QED) is 0.557. The van der Waals surface area contributed by atoms with Gasteiger partial charge in [0.2, 0.25) is 0 Å². The summed E-state index contributed by atoms with van der Waals surface area (Å²) >= 11 is 5.52. The van der Waals surface area contributed by atoms with Gasteiger partial charge in [-0.25, -0.2) is 20.7 Å².